The van der Waals surface area contributed by atoms with Crippen molar-refractivity contribution in [1.29, 1.82) is 0 Å². The summed E-state index contributed by atoms with van der Waals surface area (Å²) in [4.78, 5) is 0. The molecule has 0 aromatic heterocycles. The summed E-state index contributed by atoms with van der Waals surface area (Å²) in [7, 11) is -3.94. The number of rotatable bonds is 5. The summed E-state index contributed by atoms with van der Waals surface area (Å²) in [5.41, 5.74) is 12.9. The standard InChI is InChI=1S/C11H20N2O4S/c1-8-6-9(12)10(7-11(8,2)13)17-4-3-5-18(14,15)16/h6H,3-5,7,12-13H2,1-2H3,(H,14,15,16)/t11-/m0/s1. The maximum Gasteiger partial charge on any atom is 0.264 e. The summed E-state index contributed by atoms with van der Waals surface area (Å²) in [5.74, 6) is 0.246. The van der Waals surface area contributed by atoms with E-state index < -0.39 is 15.7 Å². The highest BCUT2D eigenvalue weighted by Gasteiger charge is 2.28. The van der Waals surface area contributed by atoms with Gasteiger partial charge in [0, 0.05) is 12.0 Å². The third-order valence-corrected chi connectivity index (χ3v) is 3.75. The van der Waals surface area contributed by atoms with Crippen molar-refractivity contribution in [3.63, 3.8) is 0 Å². The minimum atomic E-state index is -3.94. The molecule has 0 heterocycles. The first-order chi connectivity index (χ1) is 8.12. The van der Waals surface area contributed by atoms with Crippen LogP contribution in [0.15, 0.2) is 23.1 Å². The Hall–Kier alpha value is -1.05. The topological polar surface area (TPSA) is 116 Å². The monoisotopic (exact) mass is 276 g/mol. The van der Waals surface area contributed by atoms with Crippen LogP contribution >= 0.6 is 0 Å². The Balaban J connectivity index is 2.55. The molecule has 1 aliphatic carbocycles. The summed E-state index contributed by atoms with van der Waals surface area (Å²) in [6.45, 7) is 3.97. The second-order valence-corrected chi connectivity index (χ2v) is 6.36. The van der Waals surface area contributed by atoms with Crippen molar-refractivity contribution in [1.82, 2.24) is 0 Å². The fourth-order valence-electron chi connectivity index (χ4n) is 1.62. The van der Waals surface area contributed by atoms with Crippen molar-refractivity contribution in [3.8, 4) is 0 Å². The Labute approximate surface area is 107 Å². The maximum atomic E-state index is 10.5. The van der Waals surface area contributed by atoms with Gasteiger partial charge in [0.25, 0.3) is 10.1 Å². The van der Waals surface area contributed by atoms with E-state index in [4.69, 9.17) is 20.8 Å². The largest absolute Gasteiger partial charge is 0.496 e. The molecule has 1 aliphatic rings. The Morgan fingerprint density at radius 3 is 2.72 bits per heavy atom. The Morgan fingerprint density at radius 1 is 1.56 bits per heavy atom. The fraction of sp³-hybridized carbons (Fsp3) is 0.636. The van der Waals surface area contributed by atoms with Crippen LogP contribution in [0.2, 0.25) is 0 Å². The van der Waals surface area contributed by atoms with Gasteiger partial charge in [-0.1, -0.05) is 5.57 Å². The number of hydrogen-bond donors (Lipinski definition) is 3. The molecule has 0 radical (unpaired) electrons. The highest BCUT2D eigenvalue weighted by molar-refractivity contribution is 7.85. The molecule has 104 valence electrons. The molecule has 0 aromatic rings. The summed E-state index contributed by atoms with van der Waals surface area (Å²) < 4.78 is 35.1. The Bertz CT molecular complexity index is 477. The van der Waals surface area contributed by atoms with Crippen LogP contribution in [0.1, 0.15) is 26.7 Å². The molecule has 7 heteroatoms. The maximum absolute atomic E-state index is 10.5. The van der Waals surface area contributed by atoms with Gasteiger partial charge in [-0.05, 0) is 26.3 Å². The van der Waals surface area contributed by atoms with E-state index in [0.717, 1.165) is 5.57 Å². The first kappa shape index (κ1) is 15.0. The molecule has 1 atom stereocenters. The van der Waals surface area contributed by atoms with Crippen LogP contribution < -0.4 is 11.5 Å². The smallest absolute Gasteiger partial charge is 0.264 e. The summed E-state index contributed by atoms with van der Waals surface area (Å²) >= 11 is 0. The first-order valence-electron chi connectivity index (χ1n) is 5.66. The van der Waals surface area contributed by atoms with Crippen molar-refractivity contribution >= 4 is 10.1 Å². The van der Waals surface area contributed by atoms with E-state index in [0.29, 0.717) is 17.9 Å². The van der Waals surface area contributed by atoms with Crippen LogP contribution in [0.25, 0.3) is 0 Å². The highest BCUT2D eigenvalue weighted by Crippen LogP contribution is 2.29. The molecule has 0 aliphatic heterocycles. The van der Waals surface area contributed by atoms with Gasteiger partial charge in [-0.25, -0.2) is 0 Å². The van der Waals surface area contributed by atoms with E-state index in [-0.39, 0.29) is 18.8 Å². The number of allylic oxidation sites excluding steroid dienone is 1. The number of ether oxygens (including phenoxy) is 1. The second kappa shape index (κ2) is 5.29. The molecule has 0 saturated heterocycles. The van der Waals surface area contributed by atoms with Crippen molar-refractivity contribution in [2.45, 2.75) is 32.2 Å². The molecule has 0 bridgehead atoms. The van der Waals surface area contributed by atoms with Crippen molar-refractivity contribution in [3.05, 3.63) is 23.1 Å². The lowest BCUT2D eigenvalue weighted by Gasteiger charge is -2.31. The van der Waals surface area contributed by atoms with Crippen LogP contribution in [0.4, 0.5) is 0 Å². The van der Waals surface area contributed by atoms with Crippen LogP contribution in [0.5, 0.6) is 0 Å². The van der Waals surface area contributed by atoms with Crippen molar-refractivity contribution in [2.75, 3.05) is 12.4 Å². The SMILES string of the molecule is CC1=CC(N)=C(OCCCS(=O)(=O)O)C[C@]1(C)N. The Morgan fingerprint density at radius 2 is 2.17 bits per heavy atom. The van der Waals surface area contributed by atoms with Gasteiger partial charge in [0.2, 0.25) is 0 Å². The zero-order valence-electron chi connectivity index (χ0n) is 10.6. The van der Waals surface area contributed by atoms with Crippen LogP contribution in [0.3, 0.4) is 0 Å². The van der Waals surface area contributed by atoms with Gasteiger partial charge in [0.1, 0.15) is 5.76 Å². The third-order valence-electron chi connectivity index (χ3n) is 2.95. The lowest BCUT2D eigenvalue weighted by Crippen LogP contribution is -2.40. The van der Waals surface area contributed by atoms with E-state index in [2.05, 4.69) is 0 Å². The van der Waals surface area contributed by atoms with E-state index in [1.165, 1.54) is 0 Å². The first-order valence-corrected chi connectivity index (χ1v) is 7.27. The van der Waals surface area contributed by atoms with Gasteiger partial charge in [-0.15, -0.1) is 0 Å². The predicted octanol–water partition coefficient (Wildman–Crippen LogP) is 0.519. The van der Waals surface area contributed by atoms with Crippen molar-refractivity contribution < 1.29 is 17.7 Å². The van der Waals surface area contributed by atoms with Crippen LogP contribution in [-0.2, 0) is 14.9 Å². The lowest BCUT2D eigenvalue weighted by atomic mass is 9.85. The summed E-state index contributed by atoms with van der Waals surface area (Å²) in [6.07, 6.45) is 2.45. The average molecular weight is 276 g/mol. The summed E-state index contributed by atoms with van der Waals surface area (Å²) in [6, 6.07) is 0. The second-order valence-electron chi connectivity index (χ2n) is 4.79. The van der Waals surface area contributed by atoms with E-state index in [9.17, 15) is 8.42 Å². The molecule has 0 spiro atoms. The van der Waals surface area contributed by atoms with Gasteiger partial charge in [0.15, 0.2) is 0 Å². The molecule has 18 heavy (non-hydrogen) atoms. The van der Waals surface area contributed by atoms with Crippen LogP contribution in [0, 0.1) is 0 Å². The molecule has 1 rings (SSSR count). The zero-order valence-corrected chi connectivity index (χ0v) is 11.5. The van der Waals surface area contributed by atoms with Gasteiger partial charge < -0.3 is 16.2 Å². The number of nitrogens with two attached hydrogens (primary N) is 2. The average Bonchev–Trinajstić information content (AvgIpc) is 2.19. The molecule has 0 amide bonds. The highest BCUT2D eigenvalue weighted by atomic mass is 32.2. The van der Waals surface area contributed by atoms with E-state index in [1.807, 2.05) is 13.8 Å². The van der Waals surface area contributed by atoms with Crippen LogP contribution in [-0.4, -0.2) is 30.9 Å². The predicted molar refractivity (Wildman–Crippen MR) is 69.2 cm³/mol. The summed E-state index contributed by atoms with van der Waals surface area (Å²) in [5, 5.41) is 0. The molecule has 5 N–H and O–H groups in total. The van der Waals surface area contributed by atoms with E-state index >= 15 is 0 Å². The molecular weight excluding hydrogens is 256 g/mol. The molecular formula is C11H20N2O4S. The zero-order chi connectivity index (χ0) is 14.0. The lowest BCUT2D eigenvalue weighted by molar-refractivity contribution is 0.187. The van der Waals surface area contributed by atoms with Gasteiger partial charge >= 0.3 is 0 Å². The molecule has 0 fully saturated rings. The molecule has 0 unspecified atom stereocenters. The minimum Gasteiger partial charge on any atom is -0.496 e. The minimum absolute atomic E-state index is 0.179. The van der Waals surface area contributed by atoms with E-state index in [1.54, 1.807) is 6.08 Å². The van der Waals surface area contributed by atoms with Crippen molar-refractivity contribution in [2.24, 2.45) is 11.5 Å². The molecule has 0 saturated carbocycles. The van der Waals surface area contributed by atoms with Gasteiger partial charge in [-0.2, -0.15) is 8.42 Å². The quantitative estimate of drug-likeness (QED) is 0.498. The molecule has 0 aromatic carbocycles. The Kier molecular flexibility index (Phi) is 4.41. The number of hydrogen-bond acceptors (Lipinski definition) is 5. The third kappa shape index (κ3) is 4.32. The van der Waals surface area contributed by atoms with Gasteiger partial charge in [-0.3, -0.25) is 4.55 Å². The normalized spacial score (nSPS) is 25.0. The molecule has 6 nitrogen and oxygen atoms in total. The van der Waals surface area contributed by atoms with Gasteiger partial charge in [0.05, 0.1) is 18.1 Å². The fourth-order valence-corrected chi connectivity index (χ4v) is 2.11.